The lowest BCUT2D eigenvalue weighted by Crippen LogP contribution is -2.28. The average molecular weight is 391 g/mol. The molecule has 0 spiro atoms. The number of amides is 2. The van der Waals surface area contributed by atoms with Gasteiger partial charge in [0.15, 0.2) is 0 Å². The molecule has 124 valence electrons. The fourth-order valence-corrected chi connectivity index (χ4v) is 3.13. The topological polar surface area (TPSA) is 49.4 Å². The van der Waals surface area contributed by atoms with Crippen molar-refractivity contribution in [2.24, 2.45) is 5.92 Å². The van der Waals surface area contributed by atoms with E-state index in [1.165, 1.54) is 12.1 Å². The molecule has 1 fully saturated rings. The van der Waals surface area contributed by atoms with Gasteiger partial charge in [0.1, 0.15) is 5.82 Å². The standard InChI is InChI=1S/C18H16BrFN2O2/c1-11-5-6-14(20)9-16(11)21-18(24)12-7-17(23)22(10-12)15-4-2-3-13(19)8-15/h2-6,8-9,12H,7,10H2,1H3,(H,21,24). The number of nitrogens with zero attached hydrogens (tertiary/aromatic N) is 1. The lowest BCUT2D eigenvalue weighted by atomic mass is 10.1. The molecule has 3 rings (SSSR count). The Morgan fingerprint density at radius 3 is 2.83 bits per heavy atom. The zero-order valence-corrected chi connectivity index (χ0v) is 14.6. The first-order valence-corrected chi connectivity index (χ1v) is 8.36. The average Bonchev–Trinajstić information content (AvgIpc) is 2.93. The van der Waals surface area contributed by atoms with Crippen molar-refractivity contribution in [1.29, 1.82) is 0 Å². The first kappa shape index (κ1) is 16.6. The van der Waals surface area contributed by atoms with E-state index < -0.39 is 11.7 Å². The van der Waals surface area contributed by atoms with Gasteiger partial charge in [0.25, 0.3) is 0 Å². The summed E-state index contributed by atoms with van der Waals surface area (Å²) in [5, 5.41) is 2.73. The van der Waals surface area contributed by atoms with Crippen LogP contribution in [0.25, 0.3) is 0 Å². The molecule has 1 aliphatic heterocycles. The van der Waals surface area contributed by atoms with Crippen LogP contribution >= 0.6 is 15.9 Å². The van der Waals surface area contributed by atoms with E-state index in [2.05, 4.69) is 21.2 Å². The molecule has 4 nitrogen and oxygen atoms in total. The van der Waals surface area contributed by atoms with Gasteiger partial charge in [-0.25, -0.2) is 4.39 Å². The van der Waals surface area contributed by atoms with Gasteiger partial charge in [-0.3, -0.25) is 9.59 Å². The number of nitrogens with one attached hydrogen (secondary N) is 1. The van der Waals surface area contributed by atoms with E-state index in [0.717, 1.165) is 15.7 Å². The van der Waals surface area contributed by atoms with Crippen molar-refractivity contribution < 1.29 is 14.0 Å². The minimum Gasteiger partial charge on any atom is -0.325 e. The van der Waals surface area contributed by atoms with E-state index in [0.29, 0.717) is 12.2 Å². The van der Waals surface area contributed by atoms with Gasteiger partial charge in [0.2, 0.25) is 11.8 Å². The summed E-state index contributed by atoms with van der Waals surface area (Å²) in [5.41, 5.74) is 1.97. The van der Waals surface area contributed by atoms with Crippen LogP contribution in [0.3, 0.4) is 0 Å². The van der Waals surface area contributed by atoms with Crippen molar-refractivity contribution in [2.75, 3.05) is 16.8 Å². The highest BCUT2D eigenvalue weighted by atomic mass is 79.9. The Bertz CT molecular complexity index is 809. The monoisotopic (exact) mass is 390 g/mol. The largest absolute Gasteiger partial charge is 0.325 e. The second kappa shape index (κ2) is 6.73. The van der Waals surface area contributed by atoms with Crippen LogP contribution in [-0.4, -0.2) is 18.4 Å². The van der Waals surface area contributed by atoms with Crippen LogP contribution < -0.4 is 10.2 Å². The molecule has 2 aromatic carbocycles. The lowest BCUT2D eigenvalue weighted by molar-refractivity contribution is -0.122. The van der Waals surface area contributed by atoms with Gasteiger partial charge in [-0.05, 0) is 42.8 Å². The van der Waals surface area contributed by atoms with Crippen molar-refractivity contribution in [3.8, 4) is 0 Å². The third kappa shape index (κ3) is 3.48. The Morgan fingerprint density at radius 2 is 2.08 bits per heavy atom. The number of hydrogen-bond acceptors (Lipinski definition) is 2. The van der Waals surface area contributed by atoms with E-state index in [4.69, 9.17) is 0 Å². The predicted octanol–water partition coefficient (Wildman–Crippen LogP) is 3.89. The summed E-state index contributed by atoms with van der Waals surface area (Å²) in [4.78, 5) is 26.3. The van der Waals surface area contributed by atoms with Crippen LogP contribution in [-0.2, 0) is 9.59 Å². The van der Waals surface area contributed by atoms with Gasteiger partial charge in [-0.2, -0.15) is 0 Å². The number of carbonyl (C=O) groups is 2. The fourth-order valence-electron chi connectivity index (χ4n) is 2.74. The molecule has 0 aliphatic carbocycles. The molecule has 1 saturated heterocycles. The normalized spacial score (nSPS) is 17.2. The van der Waals surface area contributed by atoms with Crippen LogP contribution in [0, 0.1) is 18.7 Å². The Kier molecular flexibility index (Phi) is 4.66. The van der Waals surface area contributed by atoms with Crippen molar-refractivity contribution >= 4 is 39.1 Å². The van der Waals surface area contributed by atoms with Gasteiger partial charge in [-0.15, -0.1) is 0 Å². The van der Waals surface area contributed by atoms with Crippen LogP contribution in [0.4, 0.5) is 15.8 Å². The molecule has 1 N–H and O–H groups in total. The summed E-state index contributed by atoms with van der Waals surface area (Å²) < 4.78 is 14.2. The van der Waals surface area contributed by atoms with Gasteiger partial charge < -0.3 is 10.2 Å². The highest BCUT2D eigenvalue weighted by Gasteiger charge is 2.35. The van der Waals surface area contributed by atoms with Crippen LogP contribution in [0.2, 0.25) is 0 Å². The van der Waals surface area contributed by atoms with Gasteiger partial charge in [0, 0.05) is 28.8 Å². The van der Waals surface area contributed by atoms with Gasteiger partial charge in [-0.1, -0.05) is 28.1 Å². The second-order valence-corrected chi connectivity index (χ2v) is 6.75. The maximum Gasteiger partial charge on any atom is 0.229 e. The number of halogens is 2. The molecule has 1 atom stereocenters. The molecule has 2 aromatic rings. The first-order chi connectivity index (χ1) is 11.4. The Labute approximate surface area is 147 Å². The number of benzene rings is 2. The molecule has 6 heteroatoms. The third-order valence-electron chi connectivity index (χ3n) is 4.07. The highest BCUT2D eigenvalue weighted by Crippen LogP contribution is 2.28. The fraction of sp³-hybridized carbons (Fsp3) is 0.222. The zero-order chi connectivity index (χ0) is 17.3. The lowest BCUT2D eigenvalue weighted by Gasteiger charge is -2.17. The summed E-state index contributed by atoms with van der Waals surface area (Å²) in [5.74, 6) is -1.23. The Hall–Kier alpha value is -2.21. The van der Waals surface area contributed by atoms with E-state index in [1.54, 1.807) is 17.9 Å². The van der Waals surface area contributed by atoms with Crippen molar-refractivity contribution in [2.45, 2.75) is 13.3 Å². The maximum absolute atomic E-state index is 13.3. The molecular formula is C18H16BrFN2O2. The molecular weight excluding hydrogens is 375 g/mol. The van der Waals surface area contributed by atoms with Crippen LogP contribution in [0.5, 0.6) is 0 Å². The number of anilines is 2. The maximum atomic E-state index is 13.3. The summed E-state index contributed by atoms with van der Waals surface area (Å²) >= 11 is 3.38. The minimum absolute atomic E-state index is 0.0933. The van der Waals surface area contributed by atoms with E-state index >= 15 is 0 Å². The Balaban J connectivity index is 1.73. The summed E-state index contributed by atoms with van der Waals surface area (Å²) in [6.07, 6.45) is 0.146. The molecule has 0 saturated carbocycles. The first-order valence-electron chi connectivity index (χ1n) is 7.57. The summed E-state index contributed by atoms with van der Waals surface area (Å²) in [7, 11) is 0. The minimum atomic E-state index is -0.459. The van der Waals surface area contributed by atoms with Crippen molar-refractivity contribution in [3.05, 3.63) is 58.3 Å². The molecule has 2 amide bonds. The van der Waals surface area contributed by atoms with E-state index in [-0.39, 0.29) is 18.2 Å². The summed E-state index contributed by atoms with van der Waals surface area (Å²) in [6.45, 7) is 2.11. The molecule has 0 bridgehead atoms. The zero-order valence-electron chi connectivity index (χ0n) is 13.1. The van der Waals surface area contributed by atoms with Crippen molar-refractivity contribution in [3.63, 3.8) is 0 Å². The predicted molar refractivity (Wildman–Crippen MR) is 94.4 cm³/mol. The number of carbonyl (C=O) groups excluding carboxylic acids is 2. The molecule has 24 heavy (non-hydrogen) atoms. The molecule has 0 radical (unpaired) electrons. The molecule has 1 unspecified atom stereocenters. The molecule has 1 heterocycles. The number of hydrogen-bond donors (Lipinski definition) is 1. The van der Waals surface area contributed by atoms with Gasteiger partial charge in [0.05, 0.1) is 5.92 Å². The van der Waals surface area contributed by atoms with Crippen LogP contribution in [0.15, 0.2) is 46.9 Å². The van der Waals surface area contributed by atoms with Gasteiger partial charge >= 0.3 is 0 Å². The quantitative estimate of drug-likeness (QED) is 0.863. The highest BCUT2D eigenvalue weighted by molar-refractivity contribution is 9.10. The number of rotatable bonds is 3. The molecule has 1 aliphatic rings. The van der Waals surface area contributed by atoms with E-state index in [1.807, 2.05) is 24.3 Å². The molecule has 0 aromatic heterocycles. The summed E-state index contributed by atoms with van der Waals surface area (Å²) in [6, 6.07) is 11.6. The number of aryl methyl sites for hydroxylation is 1. The van der Waals surface area contributed by atoms with E-state index in [9.17, 15) is 14.0 Å². The SMILES string of the molecule is Cc1ccc(F)cc1NC(=O)C1CC(=O)N(c2cccc(Br)c2)C1. The third-order valence-corrected chi connectivity index (χ3v) is 4.57. The Morgan fingerprint density at radius 1 is 1.29 bits per heavy atom. The smallest absolute Gasteiger partial charge is 0.229 e. The second-order valence-electron chi connectivity index (χ2n) is 5.83. The van der Waals surface area contributed by atoms with Crippen molar-refractivity contribution in [1.82, 2.24) is 0 Å². The van der Waals surface area contributed by atoms with Crippen LogP contribution in [0.1, 0.15) is 12.0 Å².